The van der Waals surface area contributed by atoms with Gasteiger partial charge in [0.1, 0.15) is 0 Å². The highest BCUT2D eigenvalue weighted by atomic mass is 79.9. The number of hydrogen-bond acceptors (Lipinski definition) is 2. The lowest BCUT2D eigenvalue weighted by Gasteiger charge is -2.25. The second-order valence-electron chi connectivity index (χ2n) is 3.41. The first-order valence-corrected chi connectivity index (χ1v) is 5.22. The third kappa shape index (κ3) is 1.71. The predicted molar refractivity (Wildman–Crippen MR) is 56.9 cm³/mol. The molecule has 0 saturated heterocycles. The fourth-order valence-corrected chi connectivity index (χ4v) is 2.24. The van der Waals surface area contributed by atoms with E-state index >= 15 is 0 Å². The van der Waals surface area contributed by atoms with E-state index in [1.54, 1.807) is 0 Å². The van der Waals surface area contributed by atoms with E-state index in [4.69, 9.17) is 5.11 Å². The SMILES string of the molecule is OCC1CNc2c(Br)cccc2C1. The van der Waals surface area contributed by atoms with Crippen molar-refractivity contribution in [2.45, 2.75) is 6.42 Å². The molecule has 13 heavy (non-hydrogen) atoms. The van der Waals surface area contributed by atoms with E-state index in [1.165, 1.54) is 11.3 Å². The van der Waals surface area contributed by atoms with Gasteiger partial charge >= 0.3 is 0 Å². The molecule has 1 aromatic carbocycles. The Morgan fingerprint density at radius 2 is 2.38 bits per heavy atom. The molecule has 0 amide bonds. The van der Waals surface area contributed by atoms with Gasteiger partial charge in [0.2, 0.25) is 0 Å². The average Bonchev–Trinajstić information content (AvgIpc) is 2.18. The molecule has 2 N–H and O–H groups in total. The van der Waals surface area contributed by atoms with Gasteiger partial charge in [-0.15, -0.1) is 0 Å². The quantitative estimate of drug-likeness (QED) is 0.789. The first-order chi connectivity index (χ1) is 6.31. The molecule has 1 atom stereocenters. The van der Waals surface area contributed by atoms with Gasteiger partial charge in [0.15, 0.2) is 0 Å². The van der Waals surface area contributed by atoms with Crippen molar-refractivity contribution in [3.05, 3.63) is 28.2 Å². The van der Waals surface area contributed by atoms with E-state index in [0.717, 1.165) is 17.4 Å². The van der Waals surface area contributed by atoms with Crippen LogP contribution >= 0.6 is 15.9 Å². The summed E-state index contributed by atoms with van der Waals surface area (Å²) >= 11 is 3.50. The van der Waals surface area contributed by atoms with E-state index < -0.39 is 0 Å². The van der Waals surface area contributed by atoms with Crippen LogP contribution < -0.4 is 5.32 Å². The minimum absolute atomic E-state index is 0.263. The predicted octanol–water partition coefficient (Wildman–Crippen LogP) is 2.03. The van der Waals surface area contributed by atoms with Gasteiger partial charge < -0.3 is 10.4 Å². The summed E-state index contributed by atoms with van der Waals surface area (Å²) in [5.74, 6) is 0.363. The van der Waals surface area contributed by atoms with Crippen molar-refractivity contribution in [2.24, 2.45) is 5.92 Å². The summed E-state index contributed by atoms with van der Waals surface area (Å²) in [5, 5.41) is 12.4. The van der Waals surface area contributed by atoms with Crippen molar-refractivity contribution in [1.29, 1.82) is 0 Å². The van der Waals surface area contributed by atoms with E-state index in [2.05, 4.69) is 27.3 Å². The molecule has 3 heteroatoms. The van der Waals surface area contributed by atoms with Crippen LogP contribution in [0.25, 0.3) is 0 Å². The molecule has 1 unspecified atom stereocenters. The zero-order valence-electron chi connectivity index (χ0n) is 7.26. The maximum atomic E-state index is 9.03. The first kappa shape index (κ1) is 9.03. The van der Waals surface area contributed by atoms with Gasteiger partial charge in [-0.3, -0.25) is 0 Å². The molecule has 0 aliphatic carbocycles. The Balaban J connectivity index is 2.31. The number of aliphatic hydroxyl groups is 1. The minimum Gasteiger partial charge on any atom is -0.396 e. The van der Waals surface area contributed by atoms with Crippen molar-refractivity contribution in [2.75, 3.05) is 18.5 Å². The number of nitrogens with one attached hydrogen (secondary N) is 1. The third-order valence-corrected chi connectivity index (χ3v) is 3.10. The summed E-state index contributed by atoms with van der Waals surface area (Å²) in [6, 6.07) is 6.17. The second-order valence-corrected chi connectivity index (χ2v) is 4.26. The molecule has 0 saturated carbocycles. The van der Waals surface area contributed by atoms with E-state index in [1.807, 2.05) is 12.1 Å². The summed E-state index contributed by atoms with van der Waals surface area (Å²) in [7, 11) is 0. The largest absolute Gasteiger partial charge is 0.396 e. The second kappa shape index (κ2) is 3.68. The molecule has 1 aromatic rings. The van der Waals surface area contributed by atoms with Crippen LogP contribution in [0.1, 0.15) is 5.56 Å². The van der Waals surface area contributed by atoms with Crippen LogP contribution in [0.4, 0.5) is 5.69 Å². The fourth-order valence-electron chi connectivity index (χ4n) is 1.70. The van der Waals surface area contributed by atoms with Crippen molar-refractivity contribution in [1.82, 2.24) is 0 Å². The summed E-state index contributed by atoms with van der Waals surface area (Å²) in [4.78, 5) is 0. The summed E-state index contributed by atoms with van der Waals surface area (Å²) in [6.07, 6.45) is 0.971. The standard InChI is InChI=1S/C10H12BrNO/c11-9-3-1-2-8-4-7(6-13)5-12-10(8)9/h1-3,7,12-13H,4-6H2. The molecular weight excluding hydrogens is 230 g/mol. The van der Waals surface area contributed by atoms with E-state index in [-0.39, 0.29) is 6.61 Å². The van der Waals surface area contributed by atoms with Gasteiger partial charge in [-0.2, -0.15) is 0 Å². The van der Waals surface area contributed by atoms with Gasteiger partial charge in [0.05, 0.1) is 5.69 Å². The van der Waals surface area contributed by atoms with Crippen LogP contribution in [0, 0.1) is 5.92 Å². The molecule has 0 spiro atoms. The smallest absolute Gasteiger partial charge is 0.0517 e. The number of anilines is 1. The molecule has 1 aliphatic heterocycles. The van der Waals surface area contributed by atoms with Gasteiger partial charge in [-0.25, -0.2) is 0 Å². The lowest BCUT2D eigenvalue weighted by Crippen LogP contribution is -2.25. The molecule has 1 aliphatic rings. The number of aliphatic hydroxyl groups excluding tert-OH is 1. The maximum Gasteiger partial charge on any atom is 0.0517 e. The number of benzene rings is 1. The number of rotatable bonds is 1. The zero-order chi connectivity index (χ0) is 9.26. The summed E-state index contributed by atoms with van der Waals surface area (Å²) in [6.45, 7) is 1.13. The molecule has 70 valence electrons. The Labute approximate surface area is 86.1 Å². The number of para-hydroxylation sites is 1. The average molecular weight is 242 g/mol. The Bertz CT molecular complexity index is 314. The van der Waals surface area contributed by atoms with Crippen LogP contribution in [0.2, 0.25) is 0 Å². The van der Waals surface area contributed by atoms with Crippen LogP contribution in [0.15, 0.2) is 22.7 Å². The van der Waals surface area contributed by atoms with Crippen molar-refractivity contribution >= 4 is 21.6 Å². The normalized spacial score (nSPS) is 20.6. The number of fused-ring (bicyclic) bond motifs is 1. The minimum atomic E-state index is 0.263. The molecule has 2 nitrogen and oxygen atoms in total. The highest BCUT2D eigenvalue weighted by Crippen LogP contribution is 2.31. The van der Waals surface area contributed by atoms with Crippen LogP contribution in [-0.4, -0.2) is 18.3 Å². The van der Waals surface area contributed by atoms with Gasteiger partial charge in [0.25, 0.3) is 0 Å². The Hall–Kier alpha value is -0.540. The molecule has 0 aromatic heterocycles. The van der Waals surface area contributed by atoms with Crippen LogP contribution in [-0.2, 0) is 6.42 Å². The van der Waals surface area contributed by atoms with Crippen molar-refractivity contribution in [3.63, 3.8) is 0 Å². The van der Waals surface area contributed by atoms with E-state index in [0.29, 0.717) is 5.92 Å². The zero-order valence-corrected chi connectivity index (χ0v) is 8.84. The van der Waals surface area contributed by atoms with Crippen LogP contribution in [0.5, 0.6) is 0 Å². The van der Waals surface area contributed by atoms with Crippen LogP contribution in [0.3, 0.4) is 0 Å². The molecule has 0 bridgehead atoms. The summed E-state index contributed by atoms with van der Waals surface area (Å²) in [5.41, 5.74) is 2.48. The molecule has 0 radical (unpaired) electrons. The molecular formula is C10H12BrNO. The van der Waals surface area contributed by atoms with Gasteiger partial charge in [-0.1, -0.05) is 12.1 Å². The third-order valence-electron chi connectivity index (χ3n) is 2.43. The summed E-state index contributed by atoms with van der Waals surface area (Å²) < 4.78 is 1.11. The first-order valence-electron chi connectivity index (χ1n) is 4.43. The van der Waals surface area contributed by atoms with Crippen molar-refractivity contribution < 1.29 is 5.11 Å². The van der Waals surface area contributed by atoms with E-state index in [9.17, 15) is 0 Å². The highest BCUT2D eigenvalue weighted by Gasteiger charge is 2.18. The lowest BCUT2D eigenvalue weighted by molar-refractivity contribution is 0.230. The topological polar surface area (TPSA) is 32.3 Å². The van der Waals surface area contributed by atoms with Crippen molar-refractivity contribution in [3.8, 4) is 0 Å². The highest BCUT2D eigenvalue weighted by molar-refractivity contribution is 9.10. The Morgan fingerprint density at radius 1 is 1.54 bits per heavy atom. The monoisotopic (exact) mass is 241 g/mol. The number of hydrogen-bond donors (Lipinski definition) is 2. The number of halogens is 1. The Morgan fingerprint density at radius 3 is 3.15 bits per heavy atom. The van der Waals surface area contributed by atoms with Gasteiger partial charge in [0, 0.05) is 23.5 Å². The molecule has 0 fully saturated rings. The molecule has 2 rings (SSSR count). The fraction of sp³-hybridized carbons (Fsp3) is 0.400. The molecule has 1 heterocycles. The maximum absolute atomic E-state index is 9.03. The van der Waals surface area contributed by atoms with Gasteiger partial charge in [-0.05, 0) is 34.0 Å². The Kier molecular flexibility index (Phi) is 2.56. The lowest BCUT2D eigenvalue weighted by atomic mass is 9.95.